The molecule has 0 bridgehead atoms. The second-order valence-corrected chi connectivity index (χ2v) is 11.1. The van der Waals surface area contributed by atoms with Crippen LogP contribution in [0.25, 0.3) is 22.9 Å². The average molecular weight is 699 g/mol. The smallest absolute Gasteiger partial charge is 0.497 e. The third kappa shape index (κ3) is 9.01. The van der Waals surface area contributed by atoms with Crippen molar-refractivity contribution < 1.29 is 58.7 Å². The second-order valence-electron chi connectivity index (χ2n) is 9.59. The lowest BCUT2D eigenvalue weighted by Gasteiger charge is -2.07. The third-order valence-corrected chi connectivity index (χ3v) is 7.20. The number of methoxy groups -OCH3 is 2. The summed E-state index contributed by atoms with van der Waals surface area (Å²) in [5.74, 6) is 3.20. The van der Waals surface area contributed by atoms with Gasteiger partial charge in [0.25, 0.3) is 11.8 Å². The van der Waals surface area contributed by atoms with Crippen molar-refractivity contribution in [3.05, 3.63) is 110 Å². The highest BCUT2D eigenvalue weighted by Crippen LogP contribution is 2.31. The molecule has 0 spiro atoms. The van der Waals surface area contributed by atoms with Crippen molar-refractivity contribution in [1.82, 2.24) is 9.97 Å². The van der Waals surface area contributed by atoms with Crippen LogP contribution < -0.4 is 23.1 Å². The maximum absolute atomic E-state index is 12.3. The van der Waals surface area contributed by atoms with Gasteiger partial charge in [0, 0.05) is 11.1 Å². The first-order valence-electron chi connectivity index (χ1n) is 13.9. The van der Waals surface area contributed by atoms with Gasteiger partial charge in [-0.2, -0.15) is 31.6 Å². The molecule has 0 aliphatic carbocycles. The molecule has 0 amide bonds. The van der Waals surface area contributed by atoms with Crippen molar-refractivity contribution in [3.8, 4) is 69.2 Å². The van der Waals surface area contributed by atoms with Crippen LogP contribution >= 0.6 is 0 Å². The second kappa shape index (κ2) is 14.7. The summed E-state index contributed by atoms with van der Waals surface area (Å²) in [5, 5.41) is 9.17. The molecule has 0 unspecified atom stereocenters. The van der Waals surface area contributed by atoms with E-state index < -0.39 is 21.5 Å². The zero-order chi connectivity index (χ0) is 35.0. The molecule has 1 N–H and O–H groups in total. The normalized spacial score (nSPS) is 11.2. The van der Waals surface area contributed by atoms with Crippen molar-refractivity contribution in [1.29, 1.82) is 0 Å². The highest BCUT2D eigenvalue weighted by molar-refractivity contribution is 7.87. The Morgan fingerprint density at radius 1 is 0.592 bits per heavy atom. The monoisotopic (exact) mass is 698 g/mol. The quantitative estimate of drug-likeness (QED) is 0.108. The Balaban J connectivity index is 0.000000199. The van der Waals surface area contributed by atoms with Crippen molar-refractivity contribution >= 4 is 10.1 Å². The predicted molar refractivity (Wildman–Crippen MR) is 167 cm³/mol. The number of halogens is 3. The summed E-state index contributed by atoms with van der Waals surface area (Å²) in [4.78, 5) is 7.44. The lowest BCUT2D eigenvalue weighted by atomic mass is 10.2. The molecular formula is C33H25F3N2O10S. The molecule has 254 valence electrons. The minimum Gasteiger partial charge on any atom is -0.497 e. The number of rotatable bonds is 10. The summed E-state index contributed by atoms with van der Waals surface area (Å²) in [6.07, 6.45) is 1.86. The molecule has 0 aliphatic rings. The molecular weight excluding hydrogens is 673 g/mol. The fraction of sp³-hybridized carbons (Fsp3) is 0.0909. The van der Waals surface area contributed by atoms with E-state index in [4.69, 9.17) is 32.9 Å². The number of ether oxygens (including phenoxy) is 4. The molecule has 0 fully saturated rings. The number of hydrogen-bond acceptors (Lipinski definition) is 12. The molecule has 0 radical (unpaired) electrons. The van der Waals surface area contributed by atoms with E-state index in [9.17, 15) is 21.6 Å². The van der Waals surface area contributed by atoms with Crippen LogP contribution in [0.3, 0.4) is 0 Å². The Kier molecular flexibility index (Phi) is 10.3. The van der Waals surface area contributed by atoms with Gasteiger partial charge in [-0.15, -0.1) is 0 Å². The van der Waals surface area contributed by atoms with Gasteiger partial charge in [-0.25, -0.2) is 0 Å². The molecule has 4 aromatic carbocycles. The SMILES string of the molecule is COc1ccc(Oc2ccc(-c3nc(O)co3)cc2)cc1.COc1ccc(Oc2ccc(-c3nc(OS(=O)(=O)C(F)(F)F)co3)cc2)cc1. The predicted octanol–water partition coefficient (Wildman–Crippen LogP) is 8.22. The average Bonchev–Trinajstić information content (AvgIpc) is 3.75. The molecule has 6 aromatic rings. The molecule has 16 heteroatoms. The molecule has 0 saturated heterocycles. The summed E-state index contributed by atoms with van der Waals surface area (Å²) in [7, 11) is -2.65. The van der Waals surface area contributed by atoms with Gasteiger partial charge in [0.15, 0.2) is 12.5 Å². The van der Waals surface area contributed by atoms with E-state index >= 15 is 0 Å². The molecule has 2 heterocycles. The number of oxazole rings is 2. The third-order valence-electron chi connectivity index (χ3n) is 6.25. The van der Waals surface area contributed by atoms with Gasteiger partial charge >= 0.3 is 15.6 Å². The number of nitrogens with zero attached hydrogens (tertiary/aromatic N) is 2. The number of alkyl halides is 3. The molecule has 0 atom stereocenters. The van der Waals surface area contributed by atoms with E-state index in [0.717, 1.165) is 17.1 Å². The highest BCUT2D eigenvalue weighted by atomic mass is 32.2. The Morgan fingerprint density at radius 2 is 0.959 bits per heavy atom. The van der Waals surface area contributed by atoms with Crippen LogP contribution in [0.2, 0.25) is 0 Å². The minimum atomic E-state index is -5.82. The van der Waals surface area contributed by atoms with Crippen molar-refractivity contribution in [2.24, 2.45) is 0 Å². The summed E-state index contributed by atoms with van der Waals surface area (Å²) in [6, 6.07) is 27.7. The fourth-order valence-corrected chi connectivity index (χ4v) is 4.27. The molecule has 6 rings (SSSR count). The van der Waals surface area contributed by atoms with Crippen molar-refractivity contribution in [3.63, 3.8) is 0 Å². The van der Waals surface area contributed by atoms with Gasteiger partial charge in [-0.3, -0.25) is 0 Å². The summed E-state index contributed by atoms with van der Waals surface area (Å²) in [5.41, 5.74) is -4.43. The first-order valence-corrected chi connectivity index (χ1v) is 15.3. The first-order chi connectivity index (χ1) is 23.4. The molecule has 0 saturated carbocycles. The van der Waals surface area contributed by atoms with E-state index in [0.29, 0.717) is 40.7 Å². The van der Waals surface area contributed by atoms with Crippen LogP contribution in [0.5, 0.6) is 46.3 Å². The van der Waals surface area contributed by atoms with E-state index in [2.05, 4.69) is 14.2 Å². The summed E-state index contributed by atoms with van der Waals surface area (Å²) < 4.78 is 94.4. The Morgan fingerprint density at radius 3 is 1.33 bits per heavy atom. The Labute approximate surface area is 277 Å². The van der Waals surface area contributed by atoms with E-state index in [1.807, 2.05) is 36.4 Å². The Hall–Kier alpha value is -6.16. The van der Waals surface area contributed by atoms with Crippen LogP contribution in [-0.2, 0) is 10.1 Å². The van der Waals surface area contributed by atoms with Crippen LogP contribution in [0.15, 0.2) is 118 Å². The number of benzene rings is 4. The topological polar surface area (TPSA) is 153 Å². The van der Waals surface area contributed by atoms with Gasteiger partial charge < -0.3 is 37.1 Å². The number of aromatic nitrogens is 2. The lowest BCUT2D eigenvalue weighted by molar-refractivity contribution is -0.0501. The zero-order valence-corrected chi connectivity index (χ0v) is 26.3. The van der Waals surface area contributed by atoms with Gasteiger partial charge in [0.1, 0.15) is 34.5 Å². The van der Waals surface area contributed by atoms with Gasteiger partial charge in [0.05, 0.1) is 14.2 Å². The standard InChI is InChI=1S/C17H12F3NO6S.C16H13NO4/c1-24-12-6-8-14(9-7-12)26-13-4-2-11(3-5-13)16-21-15(10-25-16)27-28(22,23)17(18,19)20;1-19-12-6-8-14(9-7-12)21-13-4-2-11(3-5-13)16-17-15(18)10-20-16/h2-10H,1H3;2-10,18H,1H3. The van der Waals surface area contributed by atoms with Crippen LogP contribution in [0, 0.1) is 0 Å². The minimum absolute atomic E-state index is 0.122. The van der Waals surface area contributed by atoms with Crippen LogP contribution in [0.4, 0.5) is 13.2 Å². The van der Waals surface area contributed by atoms with Gasteiger partial charge in [-0.05, 0) is 97.1 Å². The number of aromatic hydroxyl groups is 1. The zero-order valence-electron chi connectivity index (χ0n) is 25.5. The Bertz CT molecular complexity index is 2060. The largest absolute Gasteiger partial charge is 0.534 e. The molecule has 2 aromatic heterocycles. The first kappa shape index (κ1) is 34.2. The van der Waals surface area contributed by atoms with Crippen molar-refractivity contribution in [2.45, 2.75) is 5.51 Å². The molecule has 12 nitrogen and oxygen atoms in total. The van der Waals surface area contributed by atoms with Crippen LogP contribution in [-0.4, -0.2) is 43.2 Å². The maximum atomic E-state index is 12.3. The van der Waals surface area contributed by atoms with Crippen molar-refractivity contribution in [2.75, 3.05) is 14.2 Å². The maximum Gasteiger partial charge on any atom is 0.534 e. The van der Waals surface area contributed by atoms with E-state index in [-0.39, 0.29) is 11.8 Å². The summed E-state index contributed by atoms with van der Waals surface area (Å²) in [6.45, 7) is 0. The van der Waals surface area contributed by atoms with Gasteiger partial charge in [-0.1, -0.05) is 0 Å². The fourth-order valence-electron chi connectivity index (χ4n) is 3.88. The lowest BCUT2D eigenvalue weighted by Crippen LogP contribution is -2.28. The van der Waals surface area contributed by atoms with Gasteiger partial charge in [0.2, 0.25) is 11.8 Å². The van der Waals surface area contributed by atoms with Crippen LogP contribution in [0.1, 0.15) is 0 Å². The molecule has 49 heavy (non-hydrogen) atoms. The van der Waals surface area contributed by atoms with E-state index in [1.54, 1.807) is 62.8 Å². The molecule has 0 aliphatic heterocycles. The number of hydrogen-bond donors (Lipinski definition) is 1. The summed E-state index contributed by atoms with van der Waals surface area (Å²) >= 11 is 0. The highest BCUT2D eigenvalue weighted by Gasteiger charge is 2.49. The van der Waals surface area contributed by atoms with E-state index in [1.165, 1.54) is 18.4 Å².